The Labute approximate surface area is 313 Å². The number of Topliss-reactive ketones (excluding diaryl/α,β-unsaturated/α-hetero) is 2. The molecule has 3 N–H and O–H groups in total. The number of amides is 4. The van der Waals surface area contributed by atoms with Gasteiger partial charge in [0.2, 0.25) is 23.6 Å². The SMILES string of the molecule is CC1=C(C)C(=O)C(COc2ccc(C[C@H](NC(=O)[C@@H]3CCCN3C(=O)C/C=C/[C@H](CC(C)C)NC(=O)OC(C)(C)C)C(=O)NC(C)C)cn2)=C(C)C1=O. The van der Waals surface area contributed by atoms with E-state index in [1.54, 1.807) is 70.7 Å². The van der Waals surface area contributed by atoms with Crippen molar-refractivity contribution in [3.8, 4) is 5.88 Å². The van der Waals surface area contributed by atoms with Crippen LogP contribution in [0, 0.1) is 5.92 Å². The van der Waals surface area contributed by atoms with Crippen LogP contribution in [0.4, 0.5) is 4.79 Å². The van der Waals surface area contributed by atoms with Gasteiger partial charge in [0.05, 0.1) is 6.04 Å². The number of pyridine rings is 1. The first-order valence-corrected chi connectivity index (χ1v) is 18.4. The maximum Gasteiger partial charge on any atom is 0.408 e. The Hall–Kier alpha value is -4.81. The van der Waals surface area contributed by atoms with Crippen molar-refractivity contribution in [2.75, 3.05) is 13.2 Å². The predicted octanol–water partition coefficient (Wildman–Crippen LogP) is 4.69. The fraction of sp³-hybridized carbons (Fsp3) is 0.575. The molecule has 4 amide bonds. The average molecular weight is 736 g/mol. The van der Waals surface area contributed by atoms with Crippen molar-refractivity contribution in [1.82, 2.24) is 25.8 Å². The molecular weight excluding hydrogens is 678 g/mol. The summed E-state index contributed by atoms with van der Waals surface area (Å²) < 4.78 is 11.1. The molecule has 0 saturated carbocycles. The number of carbonyl (C=O) groups is 6. The summed E-state index contributed by atoms with van der Waals surface area (Å²) in [5.74, 6) is -0.917. The van der Waals surface area contributed by atoms with Crippen molar-refractivity contribution in [1.29, 1.82) is 0 Å². The van der Waals surface area contributed by atoms with Crippen LogP contribution < -0.4 is 20.7 Å². The van der Waals surface area contributed by atoms with Gasteiger partial charge in [0.15, 0.2) is 11.6 Å². The quantitative estimate of drug-likeness (QED) is 0.171. The van der Waals surface area contributed by atoms with Crippen LogP contribution in [0.1, 0.15) is 100 Å². The van der Waals surface area contributed by atoms with E-state index in [1.165, 1.54) is 6.20 Å². The van der Waals surface area contributed by atoms with Crippen LogP contribution >= 0.6 is 0 Å². The molecule has 1 aliphatic heterocycles. The Balaban J connectivity index is 1.65. The molecule has 13 heteroatoms. The van der Waals surface area contributed by atoms with Gasteiger partial charge in [0.1, 0.15) is 24.3 Å². The van der Waals surface area contributed by atoms with Crippen molar-refractivity contribution in [3.05, 3.63) is 58.3 Å². The zero-order valence-electron chi connectivity index (χ0n) is 32.9. The summed E-state index contributed by atoms with van der Waals surface area (Å²) in [6.45, 7) is 18.3. The zero-order chi connectivity index (χ0) is 39.6. The summed E-state index contributed by atoms with van der Waals surface area (Å²) in [7, 11) is 0. The summed E-state index contributed by atoms with van der Waals surface area (Å²) in [6.07, 6.45) is 6.43. The molecule has 13 nitrogen and oxygen atoms in total. The maximum absolute atomic E-state index is 13.6. The van der Waals surface area contributed by atoms with Gasteiger partial charge in [-0.1, -0.05) is 32.1 Å². The Morgan fingerprint density at radius 3 is 2.25 bits per heavy atom. The molecule has 1 aromatic rings. The van der Waals surface area contributed by atoms with Gasteiger partial charge in [0, 0.05) is 60.0 Å². The van der Waals surface area contributed by atoms with Gasteiger partial charge in [-0.25, -0.2) is 9.78 Å². The van der Waals surface area contributed by atoms with Gasteiger partial charge in [0.25, 0.3) is 0 Å². The summed E-state index contributed by atoms with van der Waals surface area (Å²) in [5, 5.41) is 8.59. The van der Waals surface area contributed by atoms with Crippen LogP contribution in [0.15, 0.2) is 52.8 Å². The van der Waals surface area contributed by atoms with E-state index in [0.29, 0.717) is 48.1 Å². The molecule has 1 aliphatic carbocycles. The van der Waals surface area contributed by atoms with Gasteiger partial charge in [-0.2, -0.15) is 0 Å². The van der Waals surface area contributed by atoms with Gasteiger partial charge in [-0.15, -0.1) is 0 Å². The molecule has 290 valence electrons. The third-order valence-corrected chi connectivity index (χ3v) is 8.94. The first kappa shape index (κ1) is 42.6. The standard InChI is InChI=1S/C40H57N5O8/c1-23(2)19-29(43-39(51)53-40(8,9)10)13-11-15-34(46)45-18-12-14-32(45)38(50)44-31(37(49)42-24(3)4)20-28-16-17-33(41-21-28)52-22-30-27(7)35(47)25(5)26(6)36(30)48/h11,13,16-17,21,23-24,29,31-32H,12,14-15,18-20,22H2,1-10H3,(H,42,49)(H,43,51)(H,44,50)/b13-11+/t29-,31+,32+/m1/s1. The van der Waals surface area contributed by atoms with Crippen molar-refractivity contribution in [3.63, 3.8) is 0 Å². The number of hydrogen-bond donors (Lipinski definition) is 3. The lowest BCUT2D eigenvalue weighted by Gasteiger charge is -2.27. The fourth-order valence-corrected chi connectivity index (χ4v) is 6.13. The lowest BCUT2D eigenvalue weighted by molar-refractivity contribution is -0.139. The van der Waals surface area contributed by atoms with Crippen LogP contribution in [0.2, 0.25) is 0 Å². The van der Waals surface area contributed by atoms with Crippen LogP contribution in [0.5, 0.6) is 5.88 Å². The maximum atomic E-state index is 13.6. The highest BCUT2D eigenvalue weighted by Gasteiger charge is 2.36. The lowest BCUT2D eigenvalue weighted by Crippen LogP contribution is -2.54. The summed E-state index contributed by atoms with van der Waals surface area (Å²) >= 11 is 0. The van der Waals surface area contributed by atoms with Gasteiger partial charge >= 0.3 is 6.09 Å². The molecule has 53 heavy (non-hydrogen) atoms. The number of alkyl carbamates (subject to hydrolysis) is 1. The number of likely N-dealkylation sites (tertiary alicyclic amines) is 1. The molecule has 0 unspecified atom stereocenters. The van der Waals surface area contributed by atoms with E-state index in [2.05, 4.69) is 20.9 Å². The highest BCUT2D eigenvalue weighted by Crippen LogP contribution is 2.25. The molecule has 3 rings (SSSR count). The number of allylic oxidation sites excluding steroid dienone is 3. The number of carbonyl (C=O) groups excluding carboxylic acids is 6. The van der Waals surface area contributed by atoms with E-state index in [4.69, 9.17) is 9.47 Å². The minimum absolute atomic E-state index is 0.0446. The van der Waals surface area contributed by atoms with Crippen molar-refractivity contribution in [2.45, 2.75) is 131 Å². The van der Waals surface area contributed by atoms with E-state index in [-0.39, 0.29) is 72.3 Å². The van der Waals surface area contributed by atoms with Crippen molar-refractivity contribution < 1.29 is 38.2 Å². The average Bonchev–Trinajstić information content (AvgIpc) is 3.56. The van der Waals surface area contributed by atoms with Crippen LogP contribution in [-0.4, -0.2) is 88.2 Å². The van der Waals surface area contributed by atoms with Gasteiger partial charge in [-0.05, 0) is 86.1 Å². The molecule has 0 radical (unpaired) electrons. The summed E-state index contributed by atoms with van der Waals surface area (Å²) in [6, 6.07) is 1.14. The van der Waals surface area contributed by atoms with Crippen LogP contribution in [0.3, 0.4) is 0 Å². The van der Waals surface area contributed by atoms with E-state index in [0.717, 1.165) is 0 Å². The van der Waals surface area contributed by atoms with Crippen molar-refractivity contribution in [2.24, 2.45) is 5.92 Å². The summed E-state index contributed by atoms with van der Waals surface area (Å²) in [4.78, 5) is 83.8. The highest BCUT2D eigenvalue weighted by atomic mass is 16.6. The van der Waals surface area contributed by atoms with E-state index < -0.39 is 29.7 Å². The molecule has 2 aliphatic rings. The molecule has 0 aromatic carbocycles. The number of ketones is 2. The molecule has 1 aromatic heterocycles. The second kappa shape index (κ2) is 18.8. The number of nitrogens with one attached hydrogen (secondary N) is 3. The molecule has 0 spiro atoms. The Kier molecular flexibility index (Phi) is 15.1. The minimum atomic E-state index is -0.941. The Morgan fingerprint density at radius 2 is 1.64 bits per heavy atom. The number of ether oxygens (including phenoxy) is 2. The Bertz CT molecular complexity index is 1630. The molecule has 0 bridgehead atoms. The zero-order valence-corrected chi connectivity index (χ0v) is 32.9. The third-order valence-electron chi connectivity index (χ3n) is 8.94. The number of rotatable bonds is 15. The number of nitrogens with zero attached hydrogens (tertiary/aromatic N) is 2. The molecular formula is C40H57N5O8. The Morgan fingerprint density at radius 1 is 0.962 bits per heavy atom. The van der Waals surface area contributed by atoms with Crippen molar-refractivity contribution >= 4 is 35.4 Å². The molecule has 1 fully saturated rings. The predicted molar refractivity (Wildman–Crippen MR) is 201 cm³/mol. The largest absolute Gasteiger partial charge is 0.473 e. The first-order chi connectivity index (χ1) is 24.8. The molecule has 1 saturated heterocycles. The molecule has 2 heterocycles. The lowest BCUT2D eigenvalue weighted by atomic mass is 9.86. The topological polar surface area (TPSA) is 173 Å². The van der Waals surface area contributed by atoms with Crippen LogP contribution in [0.25, 0.3) is 0 Å². The third kappa shape index (κ3) is 12.7. The van der Waals surface area contributed by atoms with E-state index in [9.17, 15) is 28.8 Å². The second-order valence-electron chi connectivity index (χ2n) is 15.5. The number of hydrogen-bond acceptors (Lipinski definition) is 9. The van der Waals surface area contributed by atoms with Gasteiger partial charge in [-0.3, -0.25) is 24.0 Å². The van der Waals surface area contributed by atoms with E-state index >= 15 is 0 Å². The fourth-order valence-electron chi connectivity index (χ4n) is 6.13. The molecule has 3 atom stereocenters. The monoisotopic (exact) mass is 735 g/mol. The summed E-state index contributed by atoms with van der Waals surface area (Å²) in [5.41, 5.74) is 1.49. The number of aromatic nitrogens is 1. The minimum Gasteiger partial charge on any atom is -0.473 e. The second-order valence-corrected chi connectivity index (χ2v) is 15.5. The normalized spacial score (nSPS) is 17.8. The smallest absolute Gasteiger partial charge is 0.408 e. The highest BCUT2D eigenvalue weighted by molar-refractivity contribution is 6.24. The van der Waals surface area contributed by atoms with Gasteiger partial charge < -0.3 is 30.3 Å². The van der Waals surface area contributed by atoms with E-state index in [1.807, 2.05) is 27.7 Å². The van der Waals surface area contributed by atoms with Crippen LogP contribution in [-0.2, 0) is 35.1 Å². The first-order valence-electron chi connectivity index (χ1n) is 18.4.